The number of aromatic nitrogens is 2. The van der Waals surface area contributed by atoms with Gasteiger partial charge in [-0.05, 0) is 30.7 Å². The van der Waals surface area contributed by atoms with Crippen LogP contribution in [-0.2, 0) is 6.42 Å². The van der Waals surface area contributed by atoms with Gasteiger partial charge in [-0.1, -0.05) is 19.0 Å². The average Bonchev–Trinajstić information content (AvgIpc) is 2.96. The zero-order valence-corrected chi connectivity index (χ0v) is 13.3. The lowest BCUT2D eigenvalue weighted by Gasteiger charge is -2.16. The van der Waals surface area contributed by atoms with Crippen molar-refractivity contribution in [1.29, 1.82) is 0 Å². The minimum Gasteiger partial charge on any atom is -0.341 e. The smallest absolute Gasteiger partial charge is 0.253 e. The minimum absolute atomic E-state index is 0.157. The van der Waals surface area contributed by atoms with E-state index in [1.54, 1.807) is 24.9 Å². The Labute approximate surface area is 129 Å². The van der Waals surface area contributed by atoms with Crippen LogP contribution in [0.15, 0.2) is 22.7 Å². The molecule has 5 nitrogen and oxygen atoms in total. The molecule has 0 saturated heterocycles. The highest BCUT2D eigenvalue weighted by Gasteiger charge is 2.15. The van der Waals surface area contributed by atoms with Crippen molar-refractivity contribution in [2.24, 2.45) is 0 Å². The Morgan fingerprint density at radius 3 is 2.73 bits per heavy atom. The van der Waals surface area contributed by atoms with Crippen LogP contribution in [0.25, 0.3) is 0 Å². The van der Waals surface area contributed by atoms with Crippen LogP contribution in [-0.4, -0.2) is 34.5 Å². The average molecular weight is 305 g/mol. The number of rotatable bonds is 5. The molecule has 0 radical (unpaired) electrons. The van der Waals surface area contributed by atoms with Crippen LogP contribution in [0.1, 0.15) is 47.4 Å². The summed E-state index contributed by atoms with van der Waals surface area (Å²) < 4.78 is 18.4. The first-order chi connectivity index (χ1) is 10.4. The van der Waals surface area contributed by atoms with Crippen LogP contribution < -0.4 is 0 Å². The number of benzene rings is 1. The van der Waals surface area contributed by atoms with Gasteiger partial charge in [0.15, 0.2) is 5.82 Å². The van der Waals surface area contributed by atoms with Crippen LogP contribution in [0.4, 0.5) is 4.39 Å². The fourth-order valence-corrected chi connectivity index (χ4v) is 1.97. The van der Waals surface area contributed by atoms with Crippen molar-refractivity contribution >= 4 is 5.91 Å². The number of aryl methyl sites for hydroxylation is 1. The van der Waals surface area contributed by atoms with Gasteiger partial charge < -0.3 is 9.42 Å². The van der Waals surface area contributed by atoms with E-state index in [0.29, 0.717) is 35.8 Å². The lowest BCUT2D eigenvalue weighted by molar-refractivity contribution is 0.0795. The molecule has 0 bridgehead atoms. The van der Waals surface area contributed by atoms with Crippen LogP contribution in [0.2, 0.25) is 0 Å². The van der Waals surface area contributed by atoms with E-state index >= 15 is 0 Å². The molecule has 0 N–H and O–H groups in total. The summed E-state index contributed by atoms with van der Waals surface area (Å²) in [7, 11) is 1.70. The molecule has 0 aliphatic heterocycles. The molecule has 1 aromatic carbocycles. The summed E-state index contributed by atoms with van der Waals surface area (Å²) in [4.78, 5) is 18.1. The largest absolute Gasteiger partial charge is 0.341 e. The van der Waals surface area contributed by atoms with E-state index in [2.05, 4.69) is 10.1 Å². The van der Waals surface area contributed by atoms with E-state index < -0.39 is 0 Å². The third kappa shape index (κ3) is 3.69. The molecular weight excluding hydrogens is 285 g/mol. The maximum Gasteiger partial charge on any atom is 0.253 e. The zero-order chi connectivity index (χ0) is 16.3. The Morgan fingerprint density at radius 1 is 1.41 bits per heavy atom. The van der Waals surface area contributed by atoms with E-state index in [1.165, 1.54) is 12.1 Å². The Hall–Kier alpha value is -2.24. The summed E-state index contributed by atoms with van der Waals surface area (Å²) in [6, 6.07) is 4.36. The van der Waals surface area contributed by atoms with E-state index in [1.807, 2.05) is 13.8 Å². The summed E-state index contributed by atoms with van der Waals surface area (Å²) in [5.41, 5.74) is 0.927. The molecule has 0 atom stereocenters. The molecule has 0 aliphatic carbocycles. The van der Waals surface area contributed by atoms with Crippen LogP contribution in [0.5, 0.6) is 0 Å². The Morgan fingerprint density at radius 2 is 2.14 bits per heavy atom. The number of hydrogen-bond donors (Lipinski definition) is 0. The number of carbonyl (C=O) groups is 1. The summed E-state index contributed by atoms with van der Waals surface area (Å²) in [6.45, 7) is 6.05. The highest BCUT2D eigenvalue weighted by molar-refractivity contribution is 5.94. The molecule has 1 heterocycles. The maximum absolute atomic E-state index is 13.2. The molecule has 0 spiro atoms. The maximum atomic E-state index is 13.2. The molecule has 0 fully saturated rings. The quantitative estimate of drug-likeness (QED) is 0.852. The molecule has 1 amide bonds. The molecule has 0 unspecified atom stereocenters. The monoisotopic (exact) mass is 305 g/mol. The molecule has 1 aromatic heterocycles. The fraction of sp³-hybridized carbons (Fsp3) is 0.438. The first-order valence-electron chi connectivity index (χ1n) is 7.22. The lowest BCUT2D eigenvalue weighted by Crippen LogP contribution is -2.29. The molecule has 0 aliphatic rings. The van der Waals surface area contributed by atoms with Crippen molar-refractivity contribution < 1.29 is 13.7 Å². The van der Waals surface area contributed by atoms with Crippen LogP contribution in [0.3, 0.4) is 0 Å². The first kappa shape index (κ1) is 16.1. The third-order valence-corrected chi connectivity index (χ3v) is 3.40. The second kappa shape index (κ2) is 6.68. The number of likely N-dealkylation sites (N-methyl/N-ethyl adjacent to an activating group) is 1. The number of nitrogens with zero attached hydrogens (tertiary/aromatic N) is 3. The van der Waals surface area contributed by atoms with Gasteiger partial charge in [0.1, 0.15) is 5.82 Å². The van der Waals surface area contributed by atoms with Gasteiger partial charge in [0.05, 0.1) is 0 Å². The predicted molar refractivity (Wildman–Crippen MR) is 80.2 cm³/mol. The molecule has 118 valence electrons. The summed E-state index contributed by atoms with van der Waals surface area (Å²) in [6.07, 6.45) is 0.513. The van der Waals surface area contributed by atoms with Gasteiger partial charge in [0.2, 0.25) is 5.89 Å². The first-order valence-corrected chi connectivity index (χ1v) is 7.22. The van der Waals surface area contributed by atoms with Gasteiger partial charge in [0, 0.05) is 31.5 Å². The lowest BCUT2D eigenvalue weighted by atomic mass is 10.1. The van der Waals surface area contributed by atoms with Crippen molar-refractivity contribution in [1.82, 2.24) is 15.0 Å². The minimum atomic E-state index is -0.313. The zero-order valence-electron chi connectivity index (χ0n) is 13.3. The SMILES string of the molecule is Cc1cc(C(=O)N(C)CCc2noc(C(C)C)n2)ccc1F. The van der Waals surface area contributed by atoms with Crippen LogP contribution >= 0.6 is 0 Å². The number of halogens is 1. The van der Waals surface area contributed by atoms with Crippen molar-refractivity contribution in [2.75, 3.05) is 13.6 Å². The van der Waals surface area contributed by atoms with Crippen molar-refractivity contribution in [3.8, 4) is 0 Å². The van der Waals surface area contributed by atoms with Crippen molar-refractivity contribution in [3.63, 3.8) is 0 Å². The van der Waals surface area contributed by atoms with E-state index in [-0.39, 0.29) is 17.6 Å². The molecule has 22 heavy (non-hydrogen) atoms. The Bertz CT molecular complexity index is 667. The normalized spacial score (nSPS) is 11.0. The van der Waals surface area contributed by atoms with E-state index in [4.69, 9.17) is 4.52 Å². The molecule has 2 rings (SSSR count). The van der Waals surface area contributed by atoms with E-state index in [0.717, 1.165) is 0 Å². The van der Waals surface area contributed by atoms with Gasteiger partial charge in [-0.3, -0.25) is 4.79 Å². The second-order valence-electron chi connectivity index (χ2n) is 5.64. The predicted octanol–water partition coefficient (Wildman–Crippen LogP) is 2.96. The van der Waals surface area contributed by atoms with Crippen LogP contribution in [0, 0.1) is 12.7 Å². The molecule has 2 aromatic rings. The van der Waals surface area contributed by atoms with Gasteiger partial charge in [0.25, 0.3) is 5.91 Å². The molecule has 0 saturated carbocycles. The van der Waals surface area contributed by atoms with Gasteiger partial charge >= 0.3 is 0 Å². The van der Waals surface area contributed by atoms with Gasteiger partial charge in [-0.15, -0.1) is 0 Å². The highest BCUT2D eigenvalue weighted by Crippen LogP contribution is 2.13. The summed E-state index contributed by atoms with van der Waals surface area (Å²) in [5, 5.41) is 3.89. The standard InChI is InChI=1S/C16H20FN3O2/c1-10(2)15-18-14(19-22-15)7-8-20(4)16(21)12-5-6-13(17)11(3)9-12/h5-6,9-10H,7-8H2,1-4H3. The third-order valence-electron chi connectivity index (χ3n) is 3.40. The van der Waals surface area contributed by atoms with Gasteiger partial charge in [-0.2, -0.15) is 4.98 Å². The number of carbonyl (C=O) groups excluding carboxylic acids is 1. The molecular formula is C16H20FN3O2. The van der Waals surface area contributed by atoms with Crippen molar-refractivity contribution in [3.05, 3.63) is 46.9 Å². The summed E-state index contributed by atoms with van der Waals surface area (Å²) in [5.74, 6) is 0.891. The highest BCUT2D eigenvalue weighted by atomic mass is 19.1. The van der Waals surface area contributed by atoms with E-state index in [9.17, 15) is 9.18 Å². The molecule has 6 heteroatoms. The Balaban J connectivity index is 1.97. The topological polar surface area (TPSA) is 59.2 Å². The van der Waals surface area contributed by atoms with Gasteiger partial charge in [-0.25, -0.2) is 4.39 Å². The van der Waals surface area contributed by atoms with Crippen molar-refractivity contribution in [2.45, 2.75) is 33.1 Å². The fourth-order valence-electron chi connectivity index (χ4n) is 1.97. The summed E-state index contributed by atoms with van der Waals surface area (Å²) >= 11 is 0. The number of amides is 1. The Kier molecular flexibility index (Phi) is 4.90. The number of hydrogen-bond acceptors (Lipinski definition) is 4. The second-order valence-corrected chi connectivity index (χ2v) is 5.64.